The van der Waals surface area contributed by atoms with E-state index >= 15 is 0 Å². The second kappa shape index (κ2) is 5.62. The van der Waals surface area contributed by atoms with Crippen molar-refractivity contribution in [1.82, 2.24) is 9.66 Å². The summed E-state index contributed by atoms with van der Waals surface area (Å²) in [5.74, 6) is -0.627. The molecule has 2 aromatic heterocycles. The average molecular weight is 382 g/mol. The fourth-order valence-electron chi connectivity index (χ4n) is 1.98. The van der Waals surface area contributed by atoms with E-state index in [0.717, 1.165) is 4.68 Å². The SMILES string of the molecule is Cc1nc2sccc2c(=O)n1NC(=O)c1ccc(F)cc1Br. The number of hydrogen-bond donors (Lipinski definition) is 1. The smallest absolute Gasteiger partial charge is 0.267 e. The third kappa shape index (κ3) is 2.55. The Morgan fingerprint density at radius 1 is 1.41 bits per heavy atom. The largest absolute Gasteiger partial charge is 0.281 e. The highest BCUT2D eigenvalue weighted by Gasteiger charge is 2.15. The molecule has 5 nitrogen and oxygen atoms in total. The first-order chi connectivity index (χ1) is 10.5. The molecular weight excluding hydrogens is 373 g/mol. The Kier molecular flexibility index (Phi) is 3.79. The highest BCUT2D eigenvalue weighted by molar-refractivity contribution is 9.10. The molecule has 0 unspecified atom stereocenters. The Bertz CT molecular complexity index is 951. The molecule has 1 aromatic carbocycles. The monoisotopic (exact) mass is 381 g/mol. The first-order valence-electron chi connectivity index (χ1n) is 6.20. The van der Waals surface area contributed by atoms with Gasteiger partial charge in [-0.3, -0.25) is 15.0 Å². The van der Waals surface area contributed by atoms with Gasteiger partial charge in [0.1, 0.15) is 16.5 Å². The number of nitrogens with zero attached hydrogens (tertiary/aromatic N) is 2. The summed E-state index contributed by atoms with van der Waals surface area (Å²) in [6.45, 7) is 1.63. The van der Waals surface area contributed by atoms with Gasteiger partial charge in [-0.2, -0.15) is 0 Å². The maximum atomic E-state index is 13.1. The molecule has 1 N–H and O–H groups in total. The van der Waals surface area contributed by atoms with E-state index in [4.69, 9.17) is 0 Å². The van der Waals surface area contributed by atoms with Crippen molar-refractivity contribution in [3.8, 4) is 0 Å². The Balaban J connectivity index is 2.02. The Labute approximate surface area is 136 Å². The van der Waals surface area contributed by atoms with Crippen molar-refractivity contribution in [2.75, 3.05) is 5.43 Å². The number of thiophene rings is 1. The van der Waals surface area contributed by atoms with E-state index in [1.807, 2.05) is 0 Å². The molecule has 0 aliphatic carbocycles. The number of benzene rings is 1. The van der Waals surface area contributed by atoms with Crippen molar-refractivity contribution in [3.05, 3.63) is 61.7 Å². The van der Waals surface area contributed by atoms with Gasteiger partial charge in [0, 0.05) is 4.47 Å². The van der Waals surface area contributed by atoms with Crippen molar-refractivity contribution in [1.29, 1.82) is 0 Å². The van der Waals surface area contributed by atoms with Crippen LogP contribution >= 0.6 is 27.3 Å². The van der Waals surface area contributed by atoms with Crippen LogP contribution < -0.4 is 11.0 Å². The second-order valence-corrected chi connectivity index (χ2v) is 6.25. The topological polar surface area (TPSA) is 64.0 Å². The van der Waals surface area contributed by atoms with Crippen LogP contribution in [-0.2, 0) is 0 Å². The van der Waals surface area contributed by atoms with Gasteiger partial charge in [-0.05, 0) is 52.5 Å². The third-order valence-corrected chi connectivity index (χ3v) is 4.52. The maximum absolute atomic E-state index is 13.1. The van der Waals surface area contributed by atoms with Gasteiger partial charge in [-0.25, -0.2) is 14.1 Å². The Hall–Kier alpha value is -2.06. The van der Waals surface area contributed by atoms with Gasteiger partial charge >= 0.3 is 0 Å². The molecule has 0 saturated carbocycles. The van der Waals surface area contributed by atoms with Gasteiger partial charge < -0.3 is 0 Å². The van der Waals surface area contributed by atoms with E-state index in [2.05, 4.69) is 26.3 Å². The van der Waals surface area contributed by atoms with Crippen LogP contribution in [0, 0.1) is 12.7 Å². The zero-order chi connectivity index (χ0) is 15.9. The van der Waals surface area contributed by atoms with Gasteiger partial charge in [0.2, 0.25) is 0 Å². The van der Waals surface area contributed by atoms with E-state index in [9.17, 15) is 14.0 Å². The van der Waals surface area contributed by atoms with Gasteiger partial charge in [0.05, 0.1) is 10.9 Å². The van der Waals surface area contributed by atoms with Gasteiger partial charge in [-0.15, -0.1) is 11.3 Å². The lowest BCUT2D eigenvalue weighted by Gasteiger charge is -2.11. The van der Waals surface area contributed by atoms with Crippen LogP contribution in [0.2, 0.25) is 0 Å². The minimum atomic E-state index is -0.534. The van der Waals surface area contributed by atoms with Crippen LogP contribution in [-0.4, -0.2) is 15.6 Å². The van der Waals surface area contributed by atoms with Crippen molar-refractivity contribution >= 4 is 43.4 Å². The zero-order valence-electron chi connectivity index (χ0n) is 11.3. The van der Waals surface area contributed by atoms with Crippen molar-refractivity contribution < 1.29 is 9.18 Å². The molecule has 0 atom stereocenters. The van der Waals surface area contributed by atoms with Crippen LogP contribution in [0.25, 0.3) is 10.2 Å². The van der Waals surface area contributed by atoms with Crippen LogP contribution in [0.5, 0.6) is 0 Å². The number of fused-ring (bicyclic) bond motifs is 1. The van der Waals surface area contributed by atoms with Crippen molar-refractivity contribution in [2.24, 2.45) is 0 Å². The number of halogens is 2. The Morgan fingerprint density at radius 3 is 2.91 bits per heavy atom. The standard InChI is InChI=1S/C14H9BrFN3O2S/c1-7-17-13-10(4-5-22-13)14(21)19(7)18-12(20)9-3-2-8(16)6-11(9)15/h2-6H,1H3,(H,18,20). The van der Waals surface area contributed by atoms with Crippen molar-refractivity contribution in [3.63, 3.8) is 0 Å². The van der Waals surface area contributed by atoms with Crippen LogP contribution in [0.1, 0.15) is 16.2 Å². The molecule has 2 heterocycles. The normalized spacial score (nSPS) is 10.9. The summed E-state index contributed by atoms with van der Waals surface area (Å²) in [5, 5.41) is 2.20. The van der Waals surface area contributed by atoms with Gasteiger partial charge in [0.15, 0.2) is 0 Å². The summed E-state index contributed by atoms with van der Waals surface area (Å²) in [4.78, 5) is 29.5. The number of aromatic nitrogens is 2. The quantitative estimate of drug-likeness (QED) is 0.741. The summed E-state index contributed by atoms with van der Waals surface area (Å²) in [5.41, 5.74) is 2.36. The lowest BCUT2D eigenvalue weighted by Crippen LogP contribution is -2.35. The summed E-state index contributed by atoms with van der Waals surface area (Å²) >= 11 is 4.49. The molecule has 3 aromatic rings. The number of rotatable bonds is 2. The van der Waals surface area contributed by atoms with E-state index in [-0.39, 0.29) is 11.1 Å². The van der Waals surface area contributed by atoms with E-state index in [1.165, 1.54) is 29.5 Å². The fraction of sp³-hybridized carbons (Fsp3) is 0.0714. The molecule has 0 aliphatic heterocycles. The minimum Gasteiger partial charge on any atom is -0.267 e. The lowest BCUT2D eigenvalue weighted by molar-refractivity contribution is 0.101. The number of nitrogens with one attached hydrogen (secondary N) is 1. The fourth-order valence-corrected chi connectivity index (χ4v) is 3.31. The first-order valence-corrected chi connectivity index (χ1v) is 7.88. The average Bonchev–Trinajstić information content (AvgIpc) is 2.91. The summed E-state index contributed by atoms with van der Waals surface area (Å²) < 4.78 is 14.5. The molecule has 3 rings (SSSR count). The molecule has 0 radical (unpaired) electrons. The third-order valence-electron chi connectivity index (χ3n) is 3.05. The number of carbonyl (C=O) groups excluding carboxylic acids is 1. The van der Waals surface area contributed by atoms with Gasteiger partial charge in [0.25, 0.3) is 11.5 Å². The predicted molar refractivity (Wildman–Crippen MR) is 86.4 cm³/mol. The molecule has 8 heteroatoms. The highest BCUT2D eigenvalue weighted by Crippen LogP contribution is 2.18. The summed E-state index contributed by atoms with van der Waals surface area (Å²) in [6, 6.07) is 5.36. The Morgan fingerprint density at radius 2 is 2.18 bits per heavy atom. The van der Waals surface area contributed by atoms with Crippen LogP contribution in [0.4, 0.5) is 4.39 Å². The molecular formula is C14H9BrFN3O2S. The molecule has 0 saturated heterocycles. The van der Waals surface area contributed by atoms with Crippen molar-refractivity contribution in [2.45, 2.75) is 6.92 Å². The summed E-state index contributed by atoms with van der Waals surface area (Å²) in [7, 11) is 0. The predicted octanol–water partition coefficient (Wildman–Crippen LogP) is 3.05. The lowest BCUT2D eigenvalue weighted by atomic mass is 10.2. The number of amides is 1. The summed E-state index contributed by atoms with van der Waals surface area (Å²) in [6.07, 6.45) is 0. The first kappa shape index (κ1) is 14.9. The van der Waals surface area contributed by atoms with Gasteiger partial charge in [-0.1, -0.05) is 0 Å². The highest BCUT2D eigenvalue weighted by atomic mass is 79.9. The molecule has 0 bridgehead atoms. The number of hydrogen-bond acceptors (Lipinski definition) is 4. The van der Waals surface area contributed by atoms with Crippen LogP contribution in [0.3, 0.4) is 0 Å². The van der Waals surface area contributed by atoms with Crippen LogP contribution in [0.15, 0.2) is 38.9 Å². The molecule has 0 aliphatic rings. The van der Waals surface area contributed by atoms with E-state index < -0.39 is 11.7 Å². The zero-order valence-corrected chi connectivity index (χ0v) is 13.7. The molecule has 0 fully saturated rings. The van der Waals surface area contributed by atoms with E-state index in [1.54, 1.807) is 18.4 Å². The number of carbonyl (C=O) groups is 1. The molecule has 0 spiro atoms. The molecule has 112 valence electrons. The maximum Gasteiger partial charge on any atom is 0.281 e. The minimum absolute atomic E-state index is 0.220. The van der Waals surface area contributed by atoms with E-state index in [0.29, 0.717) is 20.5 Å². The second-order valence-electron chi connectivity index (χ2n) is 4.50. The molecule has 22 heavy (non-hydrogen) atoms. The number of aryl methyl sites for hydroxylation is 1. The molecule has 1 amide bonds.